The molecular weight excluding hydrogens is 444 g/mol. The van der Waals surface area contributed by atoms with Gasteiger partial charge in [-0.3, -0.25) is 4.79 Å². The summed E-state index contributed by atoms with van der Waals surface area (Å²) in [6, 6.07) is 11.8. The summed E-state index contributed by atoms with van der Waals surface area (Å²) < 4.78 is 7.84. The van der Waals surface area contributed by atoms with Crippen molar-refractivity contribution < 1.29 is 14.1 Å². The number of nitrogens with zero attached hydrogens (tertiary/aromatic N) is 1. The number of hydrogen-bond donors (Lipinski definition) is 1. The van der Waals surface area contributed by atoms with Crippen LogP contribution < -0.4 is 14.6 Å². The highest BCUT2D eigenvalue weighted by molar-refractivity contribution is 5.91. The Balaban J connectivity index is 1.55. The van der Waals surface area contributed by atoms with Crippen molar-refractivity contribution in [1.82, 2.24) is 5.32 Å². The third-order valence-electron chi connectivity index (χ3n) is 7.11. The Morgan fingerprint density at radius 3 is 2.00 bits per heavy atom. The zero-order chi connectivity index (χ0) is 26.0. The van der Waals surface area contributed by atoms with Gasteiger partial charge in [0.2, 0.25) is 0 Å². The van der Waals surface area contributed by atoms with Gasteiger partial charge in [0.1, 0.15) is 12.8 Å². The first kappa shape index (κ1) is 29.9. The minimum Gasteiger partial charge on any atom is -0.494 e. The SMILES string of the molecule is CCCCCCCCCCCCCCCCOc1ccc(C(C)NC(=O)c2cccc[n+]2C)c(C)c1. The van der Waals surface area contributed by atoms with Crippen LogP contribution in [0.2, 0.25) is 0 Å². The monoisotopic (exact) mass is 495 g/mol. The fourth-order valence-corrected chi connectivity index (χ4v) is 4.82. The molecule has 4 nitrogen and oxygen atoms in total. The number of aromatic nitrogens is 1. The van der Waals surface area contributed by atoms with Gasteiger partial charge in [0.15, 0.2) is 6.20 Å². The predicted molar refractivity (Wildman–Crippen MR) is 150 cm³/mol. The number of benzene rings is 1. The van der Waals surface area contributed by atoms with Crippen LogP contribution in [0.15, 0.2) is 42.6 Å². The van der Waals surface area contributed by atoms with E-state index in [0.717, 1.165) is 29.9 Å². The molecule has 2 aromatic rings. The molecule has 0 aliphatic rings. The third kappa shape index (κ3) is 11.6. The summed E-state index contributed by atoms with van der Waals surface area (Å²) in [6.07, 6.45) is 21.0. The maximum Gasteiger partial charge on any atom is 0.316 e. The van der Waals surface area contributed by atoms with Gasteiger partial charge in [-0.2, -0.15) is 4.57 Å². The zero-order valence-corrected chi connectivity index (χ0v) is 23.5. The topological polar surface area (TPSA) is 42.2 Å². The normalized spacial score (nSPS) is 11.9. The lowest BCUT2D eigenvalue weighted by molar-refractivity contribution is -0.673. The van der Waals surface area contributed by atoms with Gasteiger partial charge in [-0.15, -0.1) is 0 Å². The first-order valence-corrected chi connectivity index (χ1v) is 14.5. The fourth-order valence-electron chi connectivity index (χ4n) is 4.82. The van der Waals surface area contributed by atoms with Gasteiger partial charge >= 0.3 is 5.91 Å². The molecule has 4 heteroatoms. The van der Waals surface area contributed by atoms with Gasteiger partial charge in [0, 0.05) is 12.1 Å². The van der Waals surface area contributed by atoms with E-state index < -0.39 is 0 Å². The molecule has 2 rings (SSSR count). The van der Waals surface area contributed by atoms with Crippen molar-refractivity contribution in [2.75, 3.05) is 6.61 Å². The molecule has 1 N–H and O–H groups in total. The highest BCUT2D eigenvalue weighted by atomic mass is 16.5. The van der Waals surface area contributed by atoms with Gasteiger partial charge in [0.25, 0.3) is 5.69 Å². The first-order valence-electron chi connectivity index (χ1n) is 14.5. The van der Waals surface area contributed by atoms with Crippen LogP contribution in [0.5, 0.6) is 5.75 Å². The second-order valence-corrected chi connectivity index (χ2v) is 10.4. The Kier molecular flexibility index (Phi) is 14.9. The van der Waals surface area contributed by atoms with Gasteiger partial charge in [-0.25, -0.2) is 0 Å². The fraction of sp³-hybridized carbons (Fsp3) is 0.625. The molecular formula is C32H51N2O2+. The Bertz CT molecular complexity index is 880. The number of unbranched alkanes of at least 4 members (excludes halogenated alkanes) is 13. The average molecular weight is 496 g/mol. The van der Waals surface area contributed by atoms with Crippen molar-refractivity contribution in [2.45, 2.75) is 117 Å². The van der Waals surface area contributed by atoms with Gasteiger partial charge in [0.05, 0.1) is 12.6 Å². The lowest BCUT2D eigenvalue weighted by Crippen LogP contribution is -2.40. The maximum absolute atomic E-state index is 12.6. The van der Waals surface area contributed by atoms with E-state index in [9.17, 15) is 4.79 Å². The molecule has 1 amide bonds. The van der Waals surface area contributed by atoms with Crippen LogP contribution >= 0.6 is 0 Å². The smallest absolute Gasteiger partial charge is 0.316 e. The number of hydrogen-bond acceptors (Lipinski definition) is 2. The minimum absolute atomic E-state index is 0.0665. The Labute approximate surface area is 220 Å². The molecule has 36 heavy (non-hydrogen) atoms. The quantitative estimate of drug-likeness (QED) is 0.158. The van der Waals surface area contributed by atoms with Crippen LogP contribution in [0.1, 0.15) is 131 Å². The van der Waals surface area contributed by atoms with Crippen LogP contribution in [0.4, 0.5) is 0 Å². The molecule has 0 aliphatic heterocycles. The largest absolute Gasteiger partial charge is 0.494 e. The molecule has 0 radical (unpaired) electrons. The lowest BCUT2D eigenvalue weighted by Gasteiger charge is -2.17. The van der Waals surface area contributed by atoms with E-state index in [1.54, 1.807) is 0 Å². The minimum atomic E-state index is -0.0717. The Hall–Kier alpha value is -2.36. The predicted octanol–water partition coefficient (Wildman–Crippen LogP) is 8.17. The summed E-state index contributed by atoms with van der Waals surface area (Å²) in [7, 11) is 1.88. The Morgan fingerprint density at radius 2 is 1.44 bits per heavy atom. The summed E-state index contributed by atoms with van der Waals surface area (Å²) >= 11 is 0. The van der Waals surface area contributed by atoms with Gasteiger partial charge < -0.3 is 10.1 Å². The number of carbonyl (C=O) groups is 1. The number of rotatable bonds is 19. The van der Waals surface area contributed by atoms with E-state index in [0.29, 0.717) is 5.69 Å². The molecule has 0 spiro atoms. The number of nitrogens with one attached hydrogen (secondary N) is 1. The van der Waals surface area contributed by atoms with E-state index in [1.165, 1.54) is 83.5 Å². The van der Waals surface area contributed by atoms with E-state index in [4.69, 9.17) is 4.74 Å². The van der Waals surface area contributed by atoms with E-state index >= 15 is 0 Å². The highest BCUT2D eigenvalue weighted by Crippen LogP contribution is 2.23. The lowest BCUT2D eigenvalue weighted by atomic mass is 10.0. The molecule has 200 valence electrons. The van der Waals surface area contributed by atoms with Crippen LogP contribution in [-0.2, 0) is 7.05 Å². The molecule has 1 aromatic carbocycles. The van der Waals surface area contributed by atoms with Crippen LogP contribution in [0.25, 0.3) is 0 Å². The van der Waals surface area contributed by atoms with E-state index in [2.05, 4.69) is 31.3 Å². The first-order chi connectivity index (χ1) is 17.5. The van der Waals surface area contributed by atoms with Gasteiger partial charge in [-0.05, 0) is 49.6 Å². The summed E-state index contributed by atoms with van der Waals surface area (Å²) in [4.78, 5) is 12.6. The number of pyridine rings is 1. The molecule has 0 saturated heterocycles. The van der Waals surface area contributed by atoms with Crippen LogP contribution in [-0.4, -0.2) is 12.5 Å². The van der Waals surface area contributed by atoms with Crippen LogP contribution in [0.3, 0.4) is 0 Å². The van der Waals surface area contributed by atoms with Crippen molar-refractivity contribution >= 4 is 5.91 Å². The molecule has 0 aliphatic carbocycles. The standard InChI is InChI=1S/C32H50N2O2/c1-5-6-7-8-9-10-11-12-13-14-15-16-17-20-25-36-29-22-23-30(27(2)26-29)28(3)33-32(35)31-21-18-19-24-34(31)4/h18-19,21-24,26,28H,5-17,20,25H2,1-4H3/p+1. The molecule has 1 unspecified atom stereocenters. The summed E-state index contributed by atoms with van der Waals surface area (Å²) in [5.41, 5.74) is 2.90. The van der Waals surface area contributed by atoms with Crippen molar-refractivity contribution in [3.63, 3.8) is 0 Å². The zero-order valence-electron chi connectivity index (χ0n) is 23.5. The third-order valence-corrected chi connectivity index (χ3v) is 7.11. The molecule has 0 bridgehead atoms. The number of carbonyl (C=O) groups excluding carboxylic acids is 1. The Morgan fingerprint density at radius 1 is 0.861 bits per heavy atom. The summed E-state index contributed by atoms with van der Waals surface area (Å²) in [5, 5.41) is 3.11. The van der Waals surface area contributed by atoms with Crippen molar-refractivity contribution in [1.29, 1.82) is 0 Å². The van der Waals surface area contributed by atoms with Crippen LogP contribution in [0, 0.1) is 6.92 Å². The van der Waals surface area contributed by atoms with Crippen molar-refractivity contribution in [3.8, 4) is 5.75 Å². The van der Waals surface area contributed by atoms with Crippen molar-refractivity contribution in [3.05, 3.63) is 59.4 Å². The van der Waals surface area contributed by atoms with Gasteiger partial charge in [-0.1, -0.05) is 96.5 Å². The molecule has 0 fully saturated rings. The second-order valence-electron chi connectivity index (χ2n) is 10.4. The number of ether oxygens (including phenoxy) is 1. The molecule has 1 aromatic heterocycles. The second kappa shape index (κ2) is 18.0. The van der Waals surface area contributed by atoms with Crippen molar-refractivity contribution in [2.24, 2.45) is 7.05 Å². The maximum atomic E-state index is 12.6. The summed E-state index contributed by atoms with van der Waals surface area (Å²) in [6.45, 7) is 7.16. The summed E-state index contributed by atoms with van der Waals surface area (Å²) in [5.74, 6) is 0.849. The van der Waals surface area contributed by atoms with E-state index in [1.807, 2.05) is 49.0 Å². The molecule has 0 saturated carbocycles. The molecule has 1 heterocycles. The number of amides is 1. The molecule has 1 atom stereocenters. The van der Waals surface area contributed by atoms with E-state index in [-0.39, 0.29) is 11.9 Å². The number of aryl methyl sites for hydroxylation is 2. The highest BCUT2D eigenvalue weighted by Gasteiger charge is 2.19. The average Bonchev–Trinajstić information content (AvgIpc) is 2.86.